The van der Waals surface area contributed by atoms with Gasteiger partial charge in [-0.05, 0) is 35.4 Å². The SMILES string of the molecule is COC(CSc1ccc2ccc(C=Cc3cccc(C(F)(F)F)c3)cc2n1)OC. The number of halogens is 3. The predicted octanol–water partition coefficient (Wildman–Crippen LogP) is 6.14. The number of benzene rings is 2. The van der Waals surface area contributed by atoms with Gasteiger partial charge in [0, 0.05) is 19.6 Å². The molecule has 0 aliphatic heterocycles. The predicted molar refractivity (Wildman–Crippen MR) is 111 cm³/mol. The Morgan fingerprint density at radius 1 is 0.966 bits per heavy atom. The van der Waals surface area contributed by atoms with Crippen molar-refractivity contribution in [3.05, 3.63) is 71.3 Å². The lowest BCUT2D eigenvalue weighted by molar-refractivity contribution is -0.137. The summed E-state index contributed by atoms with van der Waals surface area (Å²) >= 11 is 1.53. The fraction of sp³-hybridized carbons (Fsp3) is 0.227. The van der Waals surface area contributed by atoms with E-state index >= 15 is 0 Å². The lowest BCUT2D eigenvalue weighted by atomic mass is 10.1. The quantitative estimate of drug-likeness (QED) is 0.262. The summed E-state index contributed by atoms with van der Waals surface area (Å²) in [4.78, 5) is 4.65. The van der Waals surface area contributed by atoms with Crippen LogP contribution in [-0.4, -0.2) is 31.2 Å². The third-order valence-electron chi connectivity index (χ3n) is 4.27. The Morgan fingerprint density at radius 2 is 1.66 bits per heavy atom. The topological polar surface area (TPSA) is 31.4 Å². The Morgan fingerprint density at radius 3 is 2.34 bits per heavy atom. The van der Waals surface area contributed by atoms with Gasteiger partial charge in [0.25, 0.3) is 0 Å². The highest BCUT2D eigenvalue weighted by atomic mass is 32.2. The number of thioether (sulfide) groups is 1. The Labute approximate surface area is 171 Å². The van der Waals surface area contributed by atoms with Crippen molar-refractivity contribution in [3.8, 4) is 0 Å². The first kappa shape index (κ1) is 21.4. The largest absolute Gasteiger partial charge is 0.416 e. The molecule has 0 N–H and O–H groups in total. The van der Waals surface area contributed by atoms with Crippen molar-refractivity contribution in [2.24, 2.45) is 0 Å². The molecule has 0 unspecified atom stereocenters. The van der Waals surface area contributed by atoms with E-state index in [1.807, 2.05) is 30.3 Å². The Kier molecular flexibility index (Phi) is 6.95. The second-order valence-electron chi connectivity index (χ2n) is 6.27. The van der Waals surface area contributed by atoms with Gasteiger partial charge in [-0.2, -0.15) is 13.2 Å². The maximum Gasteiger partial charge on any atom is 0.416 e. The highest BCUT2D eigenvalue weighted by Crippen LogP contribution is 2.30. The third-order valence-corrected chi connectivity index (χ3v) is 5.23. The van der Waals surface area contributed by atoms with Crippen molar-refractivity contribution in [2.45, 2.75) is 17.5 Å². The summed E-state index contributed by atoms with van der Waals surface area (Å²) < 4.78 is 48.9. The number of fused-ring (bicyclic) bond motifs is 1. The van der Waals surface area contributed by atoms with E-state index in [9.17, 15) is 13.2 Å². The number of alkyl halides is 3. The van der Waals surface area contributed by atoms with Crippen molar-refractivity contribution in [1.82, 2.24) is 4.98 Å². The lowest BCUT2D eigenvalue weighted by Crippen LogP contribution is -2.15. The molecule has 0 radical (unpaired) electrons. The average molecular weight is 419 g/mol. The van der Waals surface area contributed by atoms with Gasteiger partial charge in [0.2, 0.25) is 0 Å². The molecule has 7 heteroatoms. The Balaban J connectivity index is 1.79. The second-order valence-corrected chi connectivity index (χ2v) is 7.31. The second kappa shape index (κ2) is 9.43. The van der Waals surface area contributed by atoms with Crippen LogP contribution < -0.4 is 0 Å². The van der Waals surface area contributed by atoms with Crippen LogP contribution in [0, 0.1) is 0 Å². The molecule has 0 bridgehead atoms. The summed E-state index contributed by atoms with van der Waals surface area (Å²) in [5.41, 5.74) is 1.50. The summed E-state index contributed by atoms with van der Waals surface area (Å²) in [7, 11) is 3.18. The van der Waals surface area contributed by atoms with Crippen LogP contribution in [0.25, 0.3) is 23.1 Å². The lowest BCUT2D eigenvalue weighted by Gasteiger charge is -2.12. The third kappa shape index (κ3) is 5.82. The molecule has 2 aromatic carbocycles. The van der Waals surface area contributed by atoms with Crippen molar-refractivity contribution in [3.63, 3.8) is 0 Å². The molecule has 1 heterocycles. The molecule has 1 aromatic heterocycles. The molecule has 0 amide bonds. The van der Waals surface area contributed by atoms with Gasteiger partial charge in [-0.25, -0.2) is 4.98 Å². The van der Waals surface area contributed by atoms with E-state index in [0.717, 1.165) is 33.6 Å². The normalized spacial score (nSPS) is 12.3. The maximum absolute atomic E-state index is 12.9. The van der Waals surface area contributed by atoms with Gasteiger partial charge in [0.05, 0.1) is 21.9 Å². The van der Waals surface area contributed by atoms with Gasteiger partial charge in [-0.15, -0.1) is 11.8 Å². The number of aromatic nitrogens is 1. The molecular formula is C22H20F3NO2S. The molecule has 0 fully saturated rings. The summed E-state index contributed by atoms with van der Waals surface area (Å²) in [6, 6.07) is 14.9. The summed E-state index contributed by atoms with van der Waals surface area (Å²) in [5.74, 6) is 0.612. The standard InChI is InChI=1S/C22H20F3NO2S/c1-27-21(28-2)14-29-20-11-10-17-9-8-16(13-19(17)26-20)7-6-15-4-3-5-18(12-15)22(23,24)25/h3-13,21H,14H2,1-2H3. The van der Waals surface area contributed by atoms with Crippen LogP contribution in [0.2, 0.25) is 0 Å². The van der Waals surface area contributed by atoms with Crippen LogP contribution in [0.3, 0.4) is 0 Å². The van der Waals surface area contributed by atoms with Crippen molar-refractivity contribution >= 4 is 34.8 Å². The first-order chi connectivity index (χ1) is 13.9. The smallest absolute Gasteiger partial charge is 0.355 e. The number of rotatable bonds is 7. The molecule has 0 atom stereocenters. The van der Waals surface area contributed by atoms with Crippen LogP contribution in [-0.2, 0) is 15.7 Å². The van der Waals surface area contributed by atoms with Crippen LogP contribution in [0.5, 0.6) is 0 Å². The molecule has 3 nitrogen and oxygen atoms in total. The zero-order chi connectivity index (χ0) is 20.9. The van der Waals surface area contributed by atoms with E-state index < -0.39 is 11.7 Å². The first-order valence-electron chi connectivity index (χ1n) is 8.83. The van der Waals surface area contributed by atoms with E-state index in [-0.39, 0.29) is 6.29 Å². The zero-order valence-corrected chi connectivity index (χ0v) is 16.8. The van der Waals surface area contributed by atoms with Gasteiger partial charge in [-0.1, -0.05) is 42.5 Å². The fourth-order valence-electron chi connectivity index (χ4n) is 2.70. The van der Waals surface area contributed by atoms with Crippen LogP contribution in [0.4, 0.5) is 13.2 Å². The van der Waals surface area contributed by atoms with Gasteiger partial charge < -0.3 is 9.47 Å². The molecule has 0 aliphatic rings. The molecule has 0 spiro atoms. The molecule has 3 rings (SSSR count). The van der Waals surface area contributed by atoms with Gasteiger partial charge in [0.15, 0.2) is 6.29 Å². The van der Waals surface area contributed by atoms with Crippen LogP contribution in [0.1, 0.15) is 16.7 Å². The summed E-state index contributed by atoms with van der Waals surface area (Å²) in [6.07, 6.45) is -1.21. The summed E-state index contributed by atoms with van der Waals surface area (Å²) in [6.45, 7) is 0. The number of methoxy groups -OCH3 is 2. The minimum Gasteiger partial charge on any atom is -0.355 e. The van der Waals surface area contributed by atoms with E-state index in [2.05, 4.69) is 4.98 Å². The first-order valence-corrected chi connectivity index (χ1v) is 9.82. The highest BCUT2D eigenvalue weighted by molar-refractivity contribution is 7.99. The molecule has 0 saturated carbocycles. The minimum atomic E-state index is -4.35. The van der Waals surface area contributed by atoms with Crippen molar-refractivity contribution in [2.75, 3.05) is 20.0 Å². The average Bonchev–Trinajstić information content (AvgIpc) is 2.72. The molecule has 152 valence electrons. The molecule has 0 aliphatic carbocycles. The molecule has 3 aromatic rings. The highest BCUT2D eigenvalue weighted by Gasteiger charge is 2.30. The van der Waals surface area contributed by atoms with E-state index in [1.165, 1.54) is 17.8 Å². The fourth-order valence-corrected chi connectivity index (χ4v) is 3.60. The van der Waals surface area contributed by atoms with Crippen molar-refractivity contribution in [1.29, 1.82) is 0 Å². The number of pyridine rings is 1. The number of nitrogens with zero attached hydrogens (tertiary/aromatic N) is 1. The molecule has 29 heavy (non-hydrogen) atoms. The monoisotopic (exact) mass is 419 g/mol. The van der Waals surface area contributed by atoms with E-state index in [1.54, 1.807) is 32.4 Å². The van der Waals surface area contributed by atoms with E-state index in [4.69, 9.17) is 9.47 Å². The molecule has 0 saturated heterocycles. The number of ether oxygens (including phenoxy) is 2. The van der Waals surface area contributed by atoms with Crippen molar-refractivity contribution < 1.29 is 22.6 Å². The zero-order valence-electron chi connectivity index (χ0n) is 15.9. The van der Waals surface area contributed by atoms with Gasteiger partial charge >= 0.3 is 6.18 Å². The van der Waals surface area contributed by atoms with Gasteiger partial charge in [-0.3, -0.25) is 0 Å². The maximum atomic E-state index is 12.9. The molecular weight excluding hydrogens is 399 g/mol. The van der Waals surface area contributed by atoms with Crippen LogP contribution >= 0.6 is 11.8 Å². The minimum absolute atomic E-state index is 0.306. The number of hydrogen-bond acceptors (Lipinski definition) is 4. The Bertz CT molecular complexity index is 1000. The van der Waals surface area contributed by atoms with Gasteiger partial charge in [0.1, 0.15) is 0 Å². The Hall–Kier alpha value is -2.35. The van der Waals surface area contributed by atoms with E-state index in [0.29, 0.717) is 11.3 Å². The van der Waals surface area contributed by atoms with Crippen LogP contribution in [0.15, 0.2) is 59.6 Å². The summed E-state index contributed by atoms with van der Waals surface area (Å²) in [5, 5.41) is 1.83. The number of hydrogen-bond donors (Lipinski definition) is 0.